The summed E-state index contributed by atoms with van der Waals surface area (Å²) >= 11 is 0. The summed E-state index contributed by atoms with van der Waals surface area (Å²) in [6, 6.07) is 1.99. The Morgan fingerprint density at radius 1 is 1.44 bits per heavy atom. The zero-order valence-corrected chi connectivity index (χ0v) is 10.1. The lowest BCUT2D eigenvalue weighted by Crippen LogP contribution is -2.06. The van der Waals surface area contributed by atoms with E-state index in [0.717, 1.165) is 29.8 Å². The second-order valence-electron chi connectivity index (χ2n) is 4.35. The molecule has 0 unspecified atom stereocenters. The zero-order valence-electron chi connectivity index (χ0n) is 10.1. The minimum absolute atomic E-state index is 0.577. The molecule has 0 atom stereocenters. The first-order valence-electron chi connectivity index (χ1n) is 5.76. The van der Waals surface area contributed by atoms with Crippen LogP contribution in [0.1, 0.15) is 20.8 Å². The van der Waals surface area contributed by atoms with Crippen molar-refractivity contribution in [2.75, 3.05) is 11.9 Å². The van der Waals surface area contributed by atoms with E-state index in [1.54, 1.807) is 0 Å². The molecule has 0 aliphatic rings. The van der Waals surface area contributed by atoms with Crippen molar-refractivity contribution in [2.24, 2.45) is 5.92 Å². The maximum absolute atomic E-state index is 4.40. The van der Waals surface area contributed by atoms with Gasteiger partial charge in [-0.25, -0.2) is 9.67 Å². The summed E-state index contributed by atoms with van der Waals surface area (Å²) < 4.78 is 1.97. The first-order chi connectivity index (χ1) is 7.72. The topological polar surface area (TPSA) is 42.7 Å². The van der Waals surface area contributed by atoms with Gasteiger partial charge in [-0.05, 0) is 18.9 Å². The third-order valence-corrected chi connectivity index (χ3v) is 2.45. The molecule has 0 saturated heterocycles. The molecule has 4 nitrogen and oxygen atoms in total. The van der Waals surface area contributed by atoms with Gasteiger partial charge in [0.15, 0.2) is 5.65 Å². The Bertz CT molecular complexity index is 473. The van der Waals surface area contributed by atoms with E-state index in [9.17, 15) is 0 Å². The summed E-state index contributed by atoms with van der Waals surface area (Å²) in [7, 11) is 0. The Morgan fingerprint density at radius 2 is 2.25 bits per heavy atom. The fraction of sp³-hybridized carbons (Fsp3) is 0.500. The van der Waals surface area contributed by atoms with Gasteiger partial charge in [0.1, 0.15) is 0 Å². The van der Waals surface area contributed by atoms with Gasteiger partial charge in [-0.2, -0.15) is 5.10 Å². The molecule has 0 spiro atoms. The van der Waals surface area contributed by atoms with Crippen molar-refractivity contribution in [3.8, 4) is 0 Å². The lowest BCUT2D eigenvalue weighted by atomic mass is 10.2. The Kier molecular flexibility index (Phi) is 3.08. The Hall–Kier alpha value is -1.58. The fourth-order valence-corrected chi connectivity index (χ4v) is 1.80. The van der Waals surface area contributed by atoms with E-state index in [1.165, 1.54) is 0 Å². The highest BCUT2D eigenvalue weighted by atomic mass is 15.3. The van der Waals surface area contributed by atoms with Gasteiger partial charge in [-0.3, -0.25) is 0 Å². The van der Waals surface area contributed by atoms with Crippen molar-refractivity contribution < 1.29 is 0 Å². The summed E-state index contributed by atoms with van der Waals surface area (Å²) in [6.45, 7) is 8.27. The number of pyridine rings is 1. The van der Waals surface area contributed by atoms with Crippen LogP contribution < -0.4 is 5.32 Å². The zero-order chi connectivity index (χ0) is 11.5. The SMILES string of the molecule is CCNc1ccnc2c1cnn2CC(C)C. The van der Waals surface area contributed by atoms with Crippen LogP contribution in [0.4, 0.5) is 5.69 Å². The lowest BCUT2D eigenvalue weighted by molar-refractivity contribution is 0.492. The minimum atomic E-state index is 0.577. The number of rotatable bonds is 4. The number of hydrogen-bond acceptors (Lipinski definition) is 3. The van der Waals surface area contributed by atoms with E-state index >= 15 is 0 Å². The molecule has 2 aromatic heterocycles. The Labute approximate surface area is 95.7 Å². The van der Waals surface area contributed by atoms with Crippen LogP contribution >= 0.6 is 0 Å². The van der Waals surface area contributed by atoms with Crippen LogP contribution in [0.2, 0.25) is 0 Å². The summed E-state index contributed by atoms with van der Waals surface area (Å²) in [5.41, 5.74) is 2.08. The van der Waals surface area contributed by atoms with Crippen molar-refractivity contribution in [3.05, 3.63) is 18.5 Å². The highest BCUT2D eigenvalue weighted by molar-refractivity contribution is 5.88. The molecule has 0 radical (unpaired) electrons. The molecule has 2 heterocycles. The molecule has 0 saturated carbocycles. The molecule has 0 bridgehead atoms. The van der Waals surface area contributed by atoms with Crippen LogP contribution in [-0.4, -0.2) is 21.3 Å². The Morgan fingerprint density at radius 3 is 2.94 bits per heavy atom. The average Bonchev–Trinajstić information content (AvgIpc) is 2.63. The van der Waals surface area contributed by atoms with Crippen molar-refractivity contribution >= 4 is 16.7 Å². The maximum Gasteiger partial charge on any atom is 0.159 e. The third-order valence-electron chi connectivity index (χ3n) is 2.45. The molecule has 2 rings (SSSR count). The number of fused-ring (bicyclic) bond motifs is 1. The van der Waals surface area contributed by atoms with Crippen LogP contribution in [0, 0.1) is 5.92 Å². The second kappa shape index (κ2) is 4.51. The summed E-state index contributed by atoms with van der Waals surface area (Å²) in [5, 5.41) is 8.82. The standard InChI is InChI=1S/C12H18N4/c1-4-13-11-5-6-14-12-10(11)7-15-16(12)8-9(2)3/h5-7,9H,4,8H2,1-3H3,(H,13,14). The van der Waals surface area contributed by atoms with Gasteiger partial charge in [-0.15, -0.1) is 0 Å². The molecule has 0 amide bonds. The molecule has 2 aromatic rings. The van der Waals surface area contributed by atoms with Crippen LogP contribution in [0.15, 0.2) is 18.5 Å². The molecule has 86 valence electrons. The van der Waals surface area contributed by atoms with E-state index in [-0.39, 0.29) is 0 Å². The number of hydrogen-bond donors (Lipinski definition) is 1. The molecule has 0 aliphatic heterocycles. The van der Waals surface area contributed by atoms with Crippen LogP contribution in [0.25, 0.3) is 11.0 Å². The second-order valence-corrected chi connectivity index (χ2v) is 4.35. The molecule has 0 aliphatic carbocycles. The largest absolute Gasteiger partial charge is 0.385 e. The molecule has 16 heavy (non-hydrogen) atoms. The monoisotopic (exact) mass is 218 g/mol. The molecular weight excluding hydrogens is 200 g/mol. The van der Waals surface area contributed by atoms with Gasteiger partial charge in [-0.1, -0.05) is 13.8 Å². The molecule has 0 aromatic carbocycles. The first-order valence-corrected chi connectivity index (χ1v) is 5.76. The average molecular weight is 218 g/mol. The van der Waals surface area contributed by atoms with Crippen molar-refractivity contribution in [2.45, 2.75) is 27.3 Å². The highest BCUT2D eigenvalue weighted by Gasteiger charge is 2.08. The molecule has 0 fully saturated rings. The third kappa shape index (κ3) is 2.01. The molecular formula is C12H18N4. The number of aromatic nitrogens is 3. The summed E-state index contributed by atoms with van der Waals surface area (Å²) in [6.07, 6.45) is 3.72. The molecule has 4 heteroatoms. The summed E-state index contributed by atoms with van der Waals surface area (Å²) in [4.78, 5) is 4.40. The smallest absolute Gasteiger partial charge is 0.159 e. The predicted octanol–water partition coefficient (Wildman–Crippen LogP) is 2.52. The highest BCUT2D eigenvalue weighted by Crippen LogP contribution is 2.21. The van der Waals surface area contributed by atoms with E-state index in [1.807, 2.05) is 23.1 Å². The van der Waals surface area contributed by atoms with Gasteiger partial charge in [0.2, 0.25) is 0 Å². The quantitative estimate of drug-likeness (QED) is 0.857. The maximum atomic E-state index is 4.40. The van der Waals surface area contributed by atoms with Crippen molar-refractivity contribution in [1.29, 1.82) is 0 Å². The first kappa shape index (κ1) is 10.9. The molecule has 1 N–H and O–H groups in total. The van der Waals surface area contributed by atoms with E-state index < -0.39 is 0 Å². The van der Waals surface area contributed by atoms with Gasteiger partial charge in [0.25, 0.3) is 0 Å². The lowest BCUT2D eigenvalue weighted by Gasteiger charge is -2.07. The fourth-order valence-electron chi connectivity index (χ4n) is 1.80. The van der Waals surface area contributed by atoms with Gasteiger partial charge in [0, 0.05) is 25.0 Å². The normalized spacial score (nSPS) is 11.2. The van der Waals surface area contributed by atoms with Gasteiger partial charge < -0.3 is 5.32 Å². The van der Waals surface area contributed by atoms with Gasteiger partial charge in [0.05, 0.1) is 11.6 Å². The Balaban J connectivity index is 2.44. The van der Waals surface area contributed by atoms with E-state index in [2.05, 4.69) is 36.2 Å². The number of anilines is 1. The van der Waals surface area contributed by atoms with E-state index in [4.69, 9.17) is 0 Å². The van der Waals surface area contributed by atoms with Crippen molar-refractivity contribution in [3.63, 3.8) is 0 Å². The van der Waals surface area contributed by atoms with Crippen molar-refractivity contribution in [1.82, 2.24) is 14.8 Å². The summed E-state index contributed by atoms with van der Waals surface area (Å²) in [5.74, 6) is 0.577. The van der Waals surface area contributed by atoms with Crippen LogP contribution in [0.3, 0.4) is 0 Å². The van der Waals surface area contributed by atoms with Crippen LogP contribution in [0.5, 0.6) is 0 Å². The minimum Gasteiger partial charge on any atom is -0.385 e. The predicted molar refractivity (Wildman–Crippen MR) is 66.5 cm³/mol. The van der Waals surface area contributed by atoms with Crippen LogP contribution in [-0.2, 0) is 6.54 Å². The van der Waals surface area contributed by atoms with E-state index in [0.29, 0.717) is 5.92 Å². The number of nitrogens with zero attached hydrogens (tertiary/aromatic N) is 3. The van der Waals surface area contributed by atoms with Gasteiger partial charge >= 0.3 is 0 Å². The number of nitrogens with one attached hydrogen (secondary N) is 1.